The van der Waals surface area contributed by atoms with Gasteiger partial charge in [-0.1, -0.05) is 19.1 Å². The Morgan fingerprint density at radius 1 is 1.29 bits per heavy atom. The van der Waals surface area contributed by atoms with Gasteiger partial charge in [-0.3, -0.25) is 4.90 Å². The van der Waals surface area contributed by atoms with Gasteiger partial charge in [0.05, 0.1) is 0 Å². The number of nitrogen functional groups attached to an aromatic ring is 1. The fourth-order valence-electron chi connectivity index (χ4n) is 2.60. The van der Waals surface area contributed by atoms with Gasteiger partial charge in [0.1, 0.15) is 0 Å². The summed E-state index contributed by atoms with van der Waals surface area (Å²) >= 11 is 0. The van der Waals surface area contributed by atoms with Gasteiger partial charge >= 0.3 is 0 Å². The maximum Gasteiger partial charge on any atom is 0.0346 e. The zero-order chi connectivity index (χ0) is 12.3. The summed E-state index contributed by atoms with van der Waals surface area (Å²) in [5.74, 6) is 0.891. The van der Waals surface area contributed by atoms with Crippen LogP contribution in [0, 0.1) is 12.8 Å². The molecule has 1 atom stereocenters. The van der Waals surface area contributed by atoms with E-state index in [2.05, 4.69) is 30.9 Å². The molecule has 2 heteroatoms. The third-order valence-corrected chi connectivity index (χ3v) is 3.99. The molecule has 2 nitrogen and oxygen atoms in total. The van der Waals surface area contributed by atoms with Crippen molar-refractivity contribution in [2.45, 2.75) is 39.7 Å². The Labute approximate surface area is 105 Å². The average molecular weight is 232 g/mol. The monoisotopic (exact) mass is 232 g/mol. The highest BCUT2D eigenvalue weighted by molar-refractivity contribution is 5.49. The molecule has 0 radical (unpaired) electrons. The number of nitrogens with zero attached hydrogens (tertiary/aromatic N) is 1. The number of likely N-dealkylation sites (tertiary alicyclic amines) is 1. The molecule has 0 aliphatic carbocycles. The molecular formula is C15H24N2. The Hall–Kier alpha value is -1.02. The molecule has 94 valence electrons. The van der Waals surface area contributed by atoms with Crippen LogP contribution in [0.25, 0.3) is 0 Å². The first kappa shape index (κ1) is 12.4. The minimum Gasteiger partial charge on any atom is -0.399 e. The molecule has 2 N–H and O–H groups in total. The second kappa shape index (κ2) is 5.54. The van der Waals surface area contributed by atoms with Crippen LogP contribution in [-0.4, -0.2) is 18.0 Å². The Kier molecular flexibility index (Phi) is 4.06. The van der Waals surface area contributed by atoms with Gasteiger partial charge in [-0.2, -0.15) is 0 Å². The molecule has 1 aromatic rings. The molecule has 1 aliphatic heterocycles. The van der Waals surface area contributed by atoms with Gasteiger partial charge in [-0.25, -0.2) is 0 Å². The highest BCUT2D eigenvalue weighted by atomic mass is 15.1. The lowest BCUT2D eigenvalue weighted by Gasteiger charge is -2.21. The van der Waals surface area contributed by atoms with Crippen LogP contribution in [0.3, 0.4) is 0 Å². The van der Waals surface area contributed by atoms with Crippen molar-refractivity contribution < 1.29 is 0 Å². The van der Waals surface area contributed by atoms with E-state index in [0.29, 0.717) is 0 Å². The van der Waals surface area contributed by atoms with Crippen LogP contribution >= 0.6 is 0 Å². The molecule has 1 aromatic carbocycles. The number of nitrogens with two attached hydrogens (primary N) is 1. The van der Waals surface area contributed by atoms with Crippen LogP contribution < -0.4 is 5.73 Å². The van der Waals surface area contributed by atoms with Crippen LogP contribution in [0.5, 0.6) is 0 Å². The van der Waals surface area contributed by atoms with E-state index < -0.39 is 0 Å². The van der Waals surface area contributed by atoms with E-state index in [1.807, 2.05) is 6.07 Å². The van der Waals surface area contributed by atoms with E-state index in [4.69, 9.17) is 5.73 Å². The van der Waals surface area contributed by atoms with Crippen molar-refractivity contribution in [1.29, 1.82) is 0 Å². The molecule has 1 unspecified atom stereocenters. The van der Waals surface area contributed by atoms with Crippen LogP contribution in [-0.2, 0) is 6.54 Å². The SMILES string of the molecule is Cc1c(N)cccc1CN1CCCC(C)CC1. The molecule has 0 aromatic heterocycles. The number of hydrogen-bond donors (Lipinski definition) is 1. The second-order valence-electron chi connectivity index (χ2n) is 5.44. The molecule has 1 heterocycles. The quantitative estimate of drug-likeness (QED) is 0.793. The molecule has 0 spiro atoms. The van der Waals surface area contributed by atoms with Crippen molar-refractivity contribution >= 4 is 5.69 Å². The molecule has 0 bridgehead atoms. The third-order valence-electron chi connectivity index (χ3n) is 3.99. The largest absolute Gasteiger partial charge is 0.399 e. The lowest BCUT2D eigenvalue weighted by atomic mass is 10.0. The smallest absolute Gasteiger partial charge is 0.0346 e. The lowest BCUT2D eigenvalue weighted by Crippen LogP contribution is -2.24. The summed E-state index contributed by atoms with van der Waals surface area (Å²) in [6.45, 7) is 8.03. The molecule has 2 rings (SSSR count). The summed E-state index contributed by atoms with van der Waals surface area (Å²) < 4.78 is 0. The Balaban J connectivity index is 2.02. The van der Waals surface area contributed by atoms with Gasteiger partial charge in [0.15, 0.2) is 0 Å². The first-order chi connectivity index (χ1) is 8.16. The molecule has 1 fully saturated rings. The van der Waals surface area contributed by atoms with Crippen LogP contribution in [0.2, 0.25) is 0 Å². The fraction of sp³-hybridized carbons (Fsp3) is 0.600. The number of hydrogen-bond acceptors (Lipinski definition) is 2. The number of anilines is 1. The number of benzene rings is 1. The predicted octanol–water partition coefficient (Wildman–Crippen LogP) is 3.20. The second-order valence-corrected chi connectivity index (χ2v) is 5.44. The van der Waals surface area contributed by atoms with E-state index in [0.717, 1.165) is 18.2 Å². The zero-order valence-electron chi connectivity index (χ0n) is 11.1. The van der Waals surface area contributed by atoms with Gasteiger partial charge in [-0.05, 0) is 62.4 Å². The lowest BCUT2D eigenvalue weighted by molar-refractivity contribution is 0.273. The van der Waals surface area contributed by atoms with E-state index in [1.165, 1.54) is 43.5 Å². The van der Waals surface area contributed by atoms with Gasteiger partial charge in [0.2, 0.25) is 0 Å². The summed E-state index contributed by atoms with van der Waals surface area (Å²) in [5.41, 5.74) is 9.53. The minimum absolute atomic E-state index is 0.891. The first-order valence-electron chi connectivity index (χ1n) is 6.73. The van der Waals surface area contributed by atoms with Gasteiger partial charge in [0, 0.05) is 12.2 Å². The highest BCUT2D eigenvalue weighted by Crippen LogP contribution is 2.21. The minimum atomic E-state index is 0.891. The van der Waals surface area contributed by atoms with Gasteiger partial charge in [-0.15, -0.1) is 0 Å². The van der Waals surface area contributed by atoms with Crippen LogP contribution in [0.1, 0.15) is 37.3 Å². The van der Waals surface area contributed by atoms with Crippen LogP contribution in [0.4, 0.5) is 5.69 Å². The normalized spacial score (nSPS) is 22.4. The molecule has 1 aliphatic rings. The Morgan fingerprint density at radius 3 is 2.94 bits per heavy atom. The molecule has 0 saturated carbocycles. The summed E-state index contributed by atoms with van der Waals surface area (Å²) in [6.07, 6.45) is 4.05. The third kappa shape index (κ3) is 3.22. The predicted molar refractivity (Wildman–Crippen MR) is 73.9 cm³/mol. The summed E-state index contributed by atoms with van der Waals surface area (Å²) in [4.78, 5) is 2.57. The van der Waals surface area contributed by atoms with E-state index in [-0.39, 0.29) is 0 Å². The number of rotatable bonds is 2. The topological polar surface area (TPSA) is 29.3 Å². The van der Waals surface area contributed by atoms with Crippen LogP contribution in [0.15, 0.2) is 18.2 Å². The Morgan fingerprint density at radius 2 is 2.12 bits per heavy atom. The summed E-state index contributed by atoms with van der Waals surface area (Å²) in [6, 6.07) is 6.27. The van der Waals surface area contributed by atoms with Crippen molar-refractivity contribution in [3.8, 4) is 0 Å². The fourth-order valence-corrected chi connectivity index (χ4v) is 2.60. The van der Waals surface area contributed by atoms with Gasteiger partial charge in [0.25, 0.3) is 0 Å². The summed E-state index contributed by atoms with van der Waals surface area (Å²) in [5, 5.41) is 0. The zero-order valence-corrected chi connectivity index (χ0v) is 11.1. The molecule has 1 saturated heterocycles. The Bertz CT molecular complexity index is 373. The van der Waals surface area contributed by atoms with Gasteiger partial charge < -0.3 is 5.73 Å². The van der Waals surface area contributed by atoms with E-state index in [1.54, 1.807) is 0 Å². The van der Waals surface area contributed by atoms with E-state index >= 15 is 0 Å². The average Bonchev–Trinajstić information content (AvgIpc) is 2.50. The highest BCUT2D eigenvalue weighted by Gasteiger charge is 2.14. The van der Waals surface area contributed by atoms with Crippen molar-refractivity contribution in [3.05, 3.63) is 29.3 Å². The van der Waals surface area contributed by atoms with Crippen molar-refractivity contribution in [3.63, 3.8) is 0 Å². The molecule has 0 amide bonds. The van der Waals surface area contributed by atoms with Crippen molar-refractivity contribution in [2.24, 2.45) is 5.92 Å². The summed E-state index contributed by atoms with van der Waals surface area (Å²) in [7, 11) is 0. The standard InChI is InChI=1S/C15H24N2/c1-12-5-4-9-17(10-8-12)11-14-6-3-7-15(16)13(14)2/h3,6-7,12H,4-5,8-11,16H2,1-2H3. The maximum atomic E-state index is 5.96. The van der Waals surface area contributed by atoms with Crippen molar-refractivity contribution in [1.82, 2.24) is 4.90 Å². The maximum absolute atomic E-state index is 5.96. The molecule has 17 heavy (non-hydrogen) atoms. The van der Waals surface area contributed by atoms with E-state index in [9.17, 15) is 0 Å². The molecular weight excluding hydrogens is 208 g/mol. The first-order valence-corrected chi connectivity index (χ1v) is 6.73. The van der Waals surface area contributed by atoms with Crippen molar-refractivity contribution in [2.75, 3.05) is 18.8 Å².